The van der Waals surface area contributed by atoms with Crippen molar-refractivity contribution >= 4 is 9.84 Å². The maximum atomic E-state index is 12.6. The zero-order chi connectivity index (χ0) is 15.0. The largest absolute Gasteiger partial charge is 0.393 e. The minimum absolute atomic E-state index is 0.0172. The van der Waals surface area contributed by atoms with Gasteiger partial charge in [-0.15, -0.1) is 0 Å². The Kier molecular flexibility index (Phi) is 4.26. The van der Waals surface area contributed by atoms with Gasteiger partial charge in [-0.2, -0.15) is 0 Å². The van der Waals surface area contributed by atoms with Crippen molar-refractivity contribution in [2.24, 2.45) is 0 Å². The molecule has 2 atom stereocenters. The van der Waals surface area contributed by atoms with Crippen molar-refractivity contribution in [3.05, 3.63) is 29.8 Å². The molecule has 1 N–H and O–H groups in total. The van der Waals surface area contributed by atoms with Gasteiger partial charge in [0.2, 0.25) is 0 Å². The third-order valence-corrected chi connectivity index (χ3v) is 6.32. The van der Waals surface area contributed by atoms with Gasteiger partial charge in [0.05, 0.1) is 16.2 Å². The standard InChI is InChI=1S/C16H24O3S/c1-16(2,3)12-7-9-14(10-8-12)20(18,19)15-6-4-5-13(17)11-15/h7-10,13,15,17H,4-6,11H2,1-3H3/t13-,15-/m1/s1. The Morgan fingerprint density at radius 2 is 1.70 bits per heavy atom. The second-order valence-corrected chi connectivity index (χ2v) is 8.99. The molecule has 0 unspecified atom stereocenters. The average Bonchev–Trinajstić information content (AvgIpc) is 2.38. The maximum absolute atomic E-state index is 12.6. The van der Waals surface area contributed by atoms with Crippen molar-refractivity contribution < 1.29 is 13.5 Å². The van der Waals surface area contributed by atoms with Gasteiger partial charge in [0.25, 0.3) is 0 Å². The van der Waals surface area contributed by atoms with Crippen molar-refractivity contribution in [3.63, 3.8) is 0 Å². The molecule has 2 rings (SSSR count). The zero-order valence-corrected chi connectivity index (χ0v) is 13.3. The molecule has 20 heavy (non-hydrogen) atoms. The minimum Gasteiger partial charge on any atom is -0.393 e. The molecule has 0 aliphatic heterocycles. The topological polar surface area (TPSA) is 54.4 Å². The minimum atomic E-state index is -3.32. The summed E-state index contributed by atoms with van der Waals surface area (Å²) in [5.41, 5.74) is 1.14. The third-order valence-electron chi connectivity index (χ3n) is 4.09. The lowest BCUT2D eigenvalue weighted by atomic mass is 9.87. The molecule has 3 nitrogen and oxygen atoms in total. The second kappa shape index (κ2) is 5.49. The third kappa shape index (κ3) is 3.23. The van der Waals surface area contributed by atoms with Crippen molar-refractivity contribution in [3.8, 4) is 0 Å². The van der Waals surface area contributed by atoms with E-state index >= 15 is 0 Å². The summed E-state index contributed by atoms with van der Waals surface area (Å²) in [4.78, 5) is 0.379. The molecule has 0 heterocycles. The summed E-state index contributed by atoms with van der Waals surface area (Å²) in [5, 5.41) is 9.24. The molecule has 0 saturated heterocycles. The molecular weight excluding hydrogens is 272 g/mol. The Balaban J connectivity index is 2.26. The van der Waals surface area contributed by atoms with Crippen LogP contribution in [-0.2, 0) is 15.3 Å². The van der Waals surface area contributed by atoms with E-state index in [1.807, 2.05) is 12.1 Å². The summed E-state index contributed by atoms with van der Waals surface area (Å²) in [6, 6.07) is 7.20. The molecule has 4 heteroatoms. The lowest BCUT2D eigenvalue weighted by Crippen LogP contribution is -2.30. The Morgan fingerprint density at radius 3 is 2.20 bits per heavy atom. The van der Waals surface area contributed by atoms with Crippen LogP contribution in [0.1, 0.15) is 52.0 Å². The number of aliphatic hydroxyl groups excluding tert-OH is 1. The first-order chi connectivity index (χ1) is 9.21. The molecule has 0 bridgehead atoms. The van der Waals surface area contributed by atoms with E-state index in [1.165, 1.54) is 0 Å². The van der Waals surface area contributed by atoms with Gasteiger partial charge >= 0.3 is 0 Å². The van der Waals surface area contributed by atoms with E-state index in [1.54, 1.807) is 12.1 Å². The molecule has 1 aliphatic rings. The molecule has 1 aliphatic carbocycles. The van der Waals surface area contributed by atoms with Gasteiger partial charge in [0.1, 0.15) is 0 Å². The Bertz CT molecular complexity index is 552. The summed E-state index contributed by atoms with van der Waals surface area (Å²) < 4.78 is 25.2. The van der Waals surface area contributed by atoms with E-state index in [0.717, 1.165) is 18.4 Å². The van der Waals surface area contributed by atoms with E-state index in [4.69, 9.17) is 0 Å². The molecule has 1 saturated carbocycles. The Labute approximate surface area is 121 Å². The number of hydrogen-bond donors (Lipinski definition) is 1. The molecule has 0 amide bonds. The van der Waals surface area contributed by atoms with Crippen LogP contribution in [0.3, 0.4) is 0 Å². The summed E-state index contributed by atoms with van der Waals surface area (Å²) in [6.45, 7) is 6.32. The highest BCUT2D eigenvalue weighted by Gasteiger charge is 2.32. The fraction of sp³-hybridized carbons (Fsp3) is 0.625. The van der Waals surface area contributed by atoms with Crippen molar-refractivity contribution in [1.29, 1.82) is 0 Å². The molecule has 112 valence electrons. The van der Waals surface area contributed by atoms with Gasteiger partial charge in [0, 0.05) is 0 Å². The first-order valence-corrected chi connectivity index (χ1v) is 8.78. The SMILES string of the molecule is CC(C)(C)c1ccc(S(=O)(=O)[C@@H]2CCC[C@@H](O)C2)cc1. The van der Waals surface area contributed by atoms with Crippen LogP contribution in [0.2, 0.25) is 0 Å². The Hall–Kier alpha value is -0.870. The number of sulfone groups is 1. The highest BCUT2D eigenvalue weighted by Crippen LogP contribution is 2.30. The van der Waals surface area contributed by atoms with Crippen molar-refractivity contribution in [2.45, 2.75) is 68.1 Å². The van der Waals surface area contributed by atoms with Gasteiger partial charge < -0.3 is 5.11 Å². The van der Waals surface area contributed by atoms with Crippen LogP contribution < -0.4 is 0 Å². The highest BCUT2D eigenvalue weighted by atomic mass is 32.2. The summed E-state index contributed by atoms with van der Waals surface area (Å²) in [6.07, 6.45) is 2.04. The van der Waals surface area contributed by atoms with Crippen LogP contribution in [0.15, 0.2) is 29.2 Å². The fourth-order valence-corrected chi connectivity index (χ4v) is 4.59. The monoisotopic (exact) mass is 296 g/mol. The summed E-state index contributed by atoms with van der Waals surface area (Å²) >= 11 is 0. The van der Waals surface area contributed by atoms with Crippen LogP contribution in [0.4, 0.5) is 0 Å². The zero-order valence-electron chi connectivity index (χ0n) is 12.5. The quantitative estimate of drug-likeness (QED) is 0.912. The molecule has 1 aromatic carbocycles. The molecule has 0 aromatic heterocycles. The molecule has 1 aromatic rings. The second-order valence-electron chi connectivity index (χ2n) is 6.76. The van der Waals surface area contributed by atoms with Crippen LogP contribution in [0, 0.1) is 0 Å². The van der Waals surface area contributed by atoms with Gasteiger partial charge in [0.15, 0.2) is 9.84 Å². The van der Waals surface area contributed by atoms with E-state index in [-0.39, 0.29) is 5.41 Å². The van der Waals surface area contributed by atoms with Crippen LogP contribution >= 0.6 is 0 Å². The van der Waals surface area contributed by atoms with E-state index in [0.29, 0.717) is 17.7 Å². The summed E-state index contributed by atoms with van der Waals surface area (Å²) in [5.74, 6) is 0. The van der Waals surface area contributed by atoms with Gasteiger partial charge in [-0.3, -0.25) is 0 Å². The van der Waals surface area contributed by atoms with Crippen molar-refractivity contribution in [1.82, 2.24) is 0 Å². The van der Waals surface area contributed by atoms with Crippen LogP contribution in [0.5, 0.6) is 0 Å². The lowest BCUT2D eigenvalue weighted by Gasteiger charge is -2.26. The van der Waals surface area contributed by atoms with E-state index in [9.17, 15) is 13.5 Å². The highest BCUT2D eigenvalue weighted by molar-refractivity contribution is 7.92. The average molecular weight is 296 g/mol. The normalized spacial score (nSPS) is 24.6. The predicted octanol–water partition coefficient (Wildman–Crippen LogP) is 3.06. The molecular formula is C16H24O3S. The van der Waals surface area contributed by atoms with Gasteiger partial charge in [-0.1, -0.05) is 32.9 Å². The van der Waals surface area contributed by atoms with Gasteiger partial charge in [-0.25, -0.2) is 8.42 Å². The number of aliphatic hydroxyl groups is 1. The first kappa shape index (κ1) is 15.5. The maximum Gasteiger partial charge on any atom is 0.181 e. The van der Waals surface area contributed by atoms with E-state index in [2.05, 4.69) is 20.8 Å². The predicted molar refractivity (Wildman–Crippen MR) is 80.6 cm³/mol. The van der Waals surface area contributed by atoms with Crippen LogP contribution in [-0.4, -0.2) is 24.9 Å². The number of hydrogen-bond acceptors (Lipinski definition) is 3. The summed E-state index contributed by atoms with van der Waals surface area (Å²) in [7, 11) is -3.32. The first-order valence-electron chi connectivity index (χ1n) is 7.24. The number of benzene rings is 1. The Morgan fingerprint density at radius 1 is 1.10 bits per heavy atom. The molecule has 0 spiro atoms. The molecule has 0 radical (unpaired) electrons. The van der Waals surface area contributed by atoms with Crippen molar-refractivity contribution in [2.75, 3.05) is 0 Å². The smallest absolute Gasteiger partial charge is 0.181 e. The van der Waals surface area contributed by atoms with Crippen LogP contribution in [0.25, 0.3) is 0 Å². The van der Waals surface area contributed by atoms with Gasteiger partial charge in [-0.05, 0) is 48.8 Å². The van der Waals surface area contributed by atoms with E-state index < -0.39 is 21.2 Å². The fourth-order valence-electron chi connectivity index (χ4n) is 2.74. The number of rotatable bonds is 2. The molecule has 1 fully saturated rings. The lowest BCUT2D eigenvalue weighted by molar-refractivity contribution is 0.131.